The Bertz CT molecular complexity index is 140. The lowest BCUT2D eigenvalue weighted by Gasteiger charge is -1.94. The average molecular weight is 200 g/mol. The second-order valence-electron chi connectivity index (χ2n) is 2.88. The number of hydrogen-bond acceptors (Lipinski definition) is 4. The molecular weight excluding hydrogens is 180 g/mol. The van der Waals surface area contributed by atoms with Crippen molar-refractivity contribution in [1.29, 1.82) is 0 Å². The Balaban J connectivity index is 3.15. The third kappa shape index (κ3) is 10.9. The summed E-state index contributed by atoms with van der Waals surface area (Å²) in [6.45, 7) is 5.54. The molecule has 0 amide bonds. The summed E-state index contributed by atoms with van der Waals surface area (Å²) in [4.78, 5) is 9.85. The first kappa shape index (κ1) is 12.9. The predicted octanol–water partition coefficient (Wildman–Crippen LogP) is 2.59. The molecule has 4 nitrogen and oxygen atoms in total. The molecule has 82 valence electrons. The SMILES string of the molecule is CCCCO/N=C/C=N/OCCCC. The number of hydrogen-bond donors (Lipinski definition) is 0. The molecule has 0 unspecified atom stereocenters. The Morgan fingerprint density at radius 3 is 1.64 bits per heavy atom. The van der Waals surface area contributed by atoms with Crippen molar-refractivity contribution in [3.63, 3.8) is 0 Å². The monoisotopic (exact) mass is 200 g/mol. The van der Waals surface area contributed by atoms with Gasteiger partial charge < -0.3 is 9.68 Å². The summed E-state index contributed by atoms with van der Waals surface area (Å²) < 4.78 is 0. The Hall–Kier alpha value is -1.06. The summed E-state index contributed by atoms with van der Waals surface area (Å²) in [6, 6.07) is 0. The molecule has 0 atom stereocenters. The van der Waals surface area contributed by atoms with Crippen LogP contribution in [-0.2, 0) is 9.68 Å². The van der Waals surface area contributed by atoms with Crippen molar-refractivity contribution in [2.75, 3.05) is 13.2 Å². The molecule has 0 aliphatic carbocycles. The maximum absolute atomic E-state index is 4.92. The third-order valence-electron chi connectivity index (χ3n) is 1.52. The zero-order valence-corrected chi connectivity index (χ0v) is 9.11. The van der Waals surface area contributed by atoms with Crippen molar-refractivity contribution >= 4 is 12.4 Å². The van der Waals surface area contributed by atoms with Gasteiger partial charge in [0.2, 0.25) is 0 Å². The van der Waals surface area contributed by atoms with E-state index in [4.69, 9.17) is 9.68 Å². The Morgan fingerprint density at radius 2 is 1.29 bits per heavy atom. The quantitative estimate of drug-likeness (QED) is 0.326. The van der Waals surface area contributed by atoms with Gasteiger partial charge in [0.1, 0.15) is 13.2 Å². The van der Waals surface area contributed by atoms with Crippen LogP contribution in [0.1, 0.15) is 39.5 Å². The van der Waals surface area contributed by atoms with Crippen molar-refractivity contribution < 1.29 is 9.68 Å². The largest absolute Gasteiger partial charge is 0.396 e. The summed E-state index contributed by atoms with van der Waals surface area (Å²) in [6.07, 6.45) is 7.26. The van der Waals surface area contributed by atoms with Gasteiger partial charge in [0.25, 0.3) is 0 Å². The van der Waals surface area contributed by atoms with E-state index in [1.807, 2.05) is 0 Å². The molecule has 0 aromatic heterocycles. The first-order valence-corrected chi connectivity index (χ1v) is 5.21. The zero-order chi connectivity index (χ0) is 10.5. The van der Waals surface area contributed by atoms with Crippen LogP contribution >= 0.6 is 0 Å². The van der Waals surface area contributed by atoms with E-state index >= 15 is 0 Å². The molecule has 0 aliphatic heterocycles. The first-order chi connectivity index (χ1) is 6.91. The van der Waals surface area contributed by atoms with Crippen molar-refractivity contribution in [2.24, 2.45) is 10.3 Å². The van der Waals surface area contributed by atoms with Crippen LogP contribution < -0.4 is 0 Å². The summed E-state index contributed by atoms with van der Waals surface area (Å²) in [5, 5.41) is 7.34. The van der Waals surface area contributed by atoms with Crippen molar-refractivity contribution in [3.8, 4) is 0 Å². The lowest BCUT2D eigenvalue weighted by atomic mass is 10.4. The highest BCUT2D eigenvalue weighted by atomic mass is 16.6. The highest BCUT2D eigenvalue weighted by Crippen LogP contribution is 1.88. The molecule has 0 bridgehead atoms. The Kier molecular flexibility index (Phi) is 11.0. The van der Waals surface area contributed by atoms with Gasteiger partial charge in [-0.15, -0.1) is 0 Å². The van der Waals surface area contributed by atoms with E-state index in [0.717, 1.165) is 25.7 Å². The van der Waals surface area contributed by atoms with Crippen LogP contribution in [0.2, 0.25) is 0 Å². The molecule has 0 heterocycles. The minimum absolute atomic E-state index is 0.664. The van der Waals surface area contributed by atoms with Crippen molar-refractivity contribution in [2.45, 2.75) is 39.5 Å². The maximum Gasteiger partial charge on any atom is 0.117 e. The molecule has 0 spiro atoms. The highest BCUT2D eigenvalue weighted by Gasteiger charge is 1.81. The molecule has 0 aromatic rings. The van der Waals surface area contributed by atoms with Crippen LogP contribution in [0.5, 0.6) is 0 Å². The standard InChI is InChI=1S/C10H20N2O2/c1-3-5-9-13-11-7-8-12-14-10-6-4-2/h7-8H,3-6,9-10H2,1-2H3/b11-7+,12-8+. The Labute approximate surface area is 85.9 Å². The minimum Gasteiger partial charge on any atom is -0.396 e. The van der Waals surface area contributed by atoms with Gasteiger partial charge >= 0.3 is 0 Å². The van der Waals surface area contributed by atoms with E-state index < -0.39 is 0 Å². The van der Waals surface area contributed by atoms with E-state index in [1.165, 1.54) is 12.4 Å². The van der Waals surface area contributed by atoms with Gasteiger partial charge in [0.05, 0.1) is 12.4 Å². The first-order valence-electron chi connectivity index (χ1n) is 5.21. The molecule has 0 radical (unpaired) electrons. The van der Waals surface area contributed by atoms with Crippen molar-refractivity contribution in [1.82, 2.24) is 0 Å². The van der Waals surface area contributed by atoms with Crippen molar-refractivity contribution in [3.05, 3.63) is 0 Å². The third-order valence-corrected chi connectivity index (χ3v) is 1.52. The zero-order valence-electron chi connectivity index (χ0n) is 9.11. The number of nitrogens with zero attached hydrogens (tertiary/aromatic N) is 2. The molecule has 0 N–H and O–H groups in total. The van der Waals surface area contributed by atoms with Gasteiger partial charge in [-0.25, -0.2) is 0 Å². The van der Waals surface area contributed by atoms with E-state index in [9.17, 15) is 0 Å². The van der Waals surface area contributed by atoms with E-state index in [-0.39, 0.29) is 0 Å². The van der Waals surface area contributed by atoms with Crippen LogP contribution in [0.15, 0.2) is 10.3 Å². The minimum atomic E-state index is 0.664. The van der Waals surface area contributed by atoms with Crippen LogP contribution in [0.25, 0.3) is 0 Å². The number of unbranched alkanes of at least 4 members (excludes halogenated alkanes) is 2. The topological polar surface area (TPSA) is 43.2 Å². The lowest BCUT2D eigenvalue weighted by molar-refractivity contribution is 0.140. The van der Waals surface area contributed by atoms with Gasteiger partial charge in [-0.3, -0.25) is 0 Å². The van der Waals surface area contributed by atoms with Crippen LogP contribution in [0, 0.1) is 0 Å². The van der Waals surface area contributed by atoms with Crippen LogP contribution in [0.3, 0.4) is 0 Å². The van der Waals surface area contributed by atoms with Gasteiger partial charge in [0.15, 0.2) is 0 Å². The fourth-order valence-electron chi connectivity index (χ4n) is 0.664. The summed E-state index contributed by atoms with van der Waals surface area (Å²) in [5.74, 6) is 0. The molecule has 0 saturated heterocycles. The smallest absolute Gasteiger partial charge is 0.117 e. The van der Waals surface area contributed by atoms with E-state index in [1.54, 1.807) is 0 Å². The van der Waals surface area contributed by atoms with Gasteiger partial charge in [0, 0.05) is 0 Å². The molecule has 0 fully saturated rings. The molecule has 0 saturated carbocycles. The predicted molar refractivity (Wildman–Crippen MR) is 58.7 cm³/mol. The normalized spacial score (nSPS) is 11.3. The fourth-order valence-corrected chi connectivity index (χ4v) is 0.664. The Morgan fingerprint density at radius 1 is 0.857 bits per heavy atom. The second-order valence-corrected chi connectivity index (χ2v) is 2.88. The molecule has 4 heteroatoms. The van der Waals surface area contributed by atoms with Crippen LogP contribution in [-0.4, -0.2) is 25.6 Å². The molecule has 0 rings (SSSR count). The maximum atomic E-state index is 4.92. The average Bonchev–Trinajstić information content (AvgIpc) is 2.21. The van der Waals surface area contributed by atoms with E-state index in [0.29, 0.717) is 13.2 Å². The second kappa shape index (κ2) is 11.9. The molecule has 0 aromatic carbocycles. The van der Waals surface area contributed by atoms with Gasteiger partial charge in [-0.2, -0.15) is 0 Å². The lowest BCUT2D eigenvalue weighted by Crippen LogP contribution is -1.89. The van der Waals surface area contributed by atoms with Crippen LogP contribution in [0.4, 0.5) is 0 Å². The molecule has 0 aliphatic rings. The summed E-state index contributed by atoms with van der Waals surface area (Å²) in [5.41, 5.74) is 0. The fraction of sp³-hybridized carbons (Fsp3) is 0.800. The molecule has 14 heavy (non-hydrogen) atoms. The summed E-state index contributed by atoms with van der Waals surface area (Å²) >= 11 is 0. The van der Waals surface area contributed by atoms with Gasteiger partial charge in [-0.1, -0.05) is 37.0 Å². The summed E-state index contributed by atoms with van der Waals surface area (Å²) in [7, 11) is 0. The van der Waals surface area contributed by atoms with Gasteiger partial charge in [-0.05, 0) is 12.8 Å². The molecular formula is C10H20N2O2. The van der Waals surface area contributed by atoms with E-state index in [2.05, 4.69) is 24.2 Å². The highest BCUT2D eigenvalue weighted by molar-refractivity contribution is 6.15. The number of oxime groups is 2. The number of rotatable bonds is 9.